The summed E-state index contributed by atoms with van der Waals surface area (Å²) in [6.07, 6.45) is 2.29. The summed E-state index contributed by atoms with van der Waals surface area (Å²) in [5.41, 5.74) is 5.10. The van der Waals surface area contributed by atoms with Crippen LogP contribution in [-0.2, 0) is 16.1 Å². The number of nitrogens with zero attached hydrogens (tertiary/aromatic N) is 3. The number of amides is 1. The zero-order valence-electron chi connectivity index (χ0n) is 11.3. The van der Waals surface area contributed by atoms with Crippen molar-refractivity contribution >= 4 is 11.9 Å². The van der Waals surface area contributed by atoms with Crippen LogP contribution in [0.5, 0.6) is 0 Å². The molecular formula is C11H19N5O3. The summed E-state index contributed by atoms with van der Waals surface area (Å²) in [4.78, 5) is 23.0. The summed E-state index contributed by atoms with van der Waals surface area (Å²) in [6, 6.07) is -0.731. The first kappa shape index (κ1) is 15.1. The van der Waals surface area contributed by atoms with E-state index in [9.17, 15) is 9.59 Å². The molecule has 106 valence electrons. The SMILES string of the molecule is CC(C)(C)OC(=O)NCC(=O)C(N)Cn1cnnc1. The summed E-state index contributed by atoms with van der Waals surface area (Å²) < 4.78 is 6.60. The minimum atomic E-state index is -0.731. The van der Waals surface area contributed by atoms with Crippen LogP contribution in [0.15, 0.2) is 12.7 Å². The molecule has 1 heterocycles. The number of Topliss-reactive ketones (excluding diaryl/α,β-unsaturated/α-hetero) is 1. The average molecular weight is 269 g/mol. The van der Waals surface area contributed by atoms with Crippen LogP contribution in [0.2, 0.25) is 0 Å². The molecule has 1 atom stereocenters. The van der Waals surface area contributed by atoms with Gasteiger partial charge in [-0.25, -0.2) is 4.79 Å². The van der Waals surface area contributed by atoms with Gasteiger partial charge in [0.15, 0.2) is 5.78 Å². The molecule has 0 radical (unpaired) electrons. The summed E-state index contributed by atoms with van der Waals surface area (Å²) in [5.74, 6) is -0.292. The predicted octanol–water partition coefficient (Wildman–Crippen LogP) is -0.301. The first-order valence-electron chi connectivity index (χ1n) is 5.85. The maximum atomic E-state index is 11.7. The Hall–Kier alpha value is -1.96. The zero-order valence-corrected chi connectivity index (χ0v) is 11.3. The quantitative estimate of drug-likeness (QED) is 0.759. The van der Waals surface area contributed by atoms with Crippen molar-refractivity contribution in [2.45, 2.75) is 39.0 Å². The number of hydrogen-bond donors (Lipinski definition) is 2. The number of ketones is 1. The number of nitrogens with one attached hydrogen (secondary N) is 1. The lowest BCUT2D eigenvalue weighted by molar-refractivity contribution is -0.119. The molecule has 0 aliphatic heterocycles. The Bertz CT molecular complexity index is 424. The van der Waals surface area contributed by atoms with E-state index in [1.807, 2.05) is 0 Å². The predicted molar refractivity (Wildman–Crippen MR) is 67.2 cm³/mol. The van der Waals surface area contributed by atoms with Crippen LogP contribution in [0.1, 0.15) is 20.8 Å². The highest BCUT2D eigenvalue weighted by molar-refractivity contribution is 5.88. The Morgan fingerprint density at radius 2 is 1.95 bits per heavy atom. The number of nitrogens with two attached hydrogens (primary N) is 1. The van der Waals surface area contributed by atoms with Crippen LogP contribution in [0.3, 0.4) is 0 Å². The Morgan fingerprint density at radius 1 is 1.37 bits per heavy atom. The molecule has 0 aliphatic rings. The molecule has 8 nitrogen and oxygen atoms in total. The Labute approximate surface area is 111 Å². The topological polar surface area (TPSA) is 112 Å². The lowest BCUT2D eigenvalue weighted by Gasteiger charge is -2.20. The fraction of sp³-hybridized carbons (Fsp3) is 0.636. The van der Waals surface area contributed by atoms with Crippen molar-refractivity contribution < 1.29 is 14.3 Å². The number of ether oxygens (including phenoxy) is 1. The van der Waals surface area contributed by atoms with Gasteiger partial charge in [0.1, 0.15) is 18.3 Å². The molecule has 1 aromatic rings. The van der Waals surface area contributed by atoms with Gasteiger partial charge in [-0.15, -0.1) is 10.2 Å². The summed E-state index contributed by atoms with van der Waals surface area (Å²) in [5, 5.41) is 9.58. The van der Waals surface area contributed by atoms with E-state index in [1.54, 1.807) is 25.3 Å². The molecule has 0 fully saturated rings. The highest BCUT2D eigenvalue weighted by Crippen LogP contribution is 2.06. The Morgan fingerprint density at radius 3 is 2.47 bits per heavy atom. The van der Waals surface area contributed by atoms with Crippen molar-refractivity contribution in [2.24, 2.45) is 5.73 Å². The average Bonchev–Trinajstić information content (AvgIpc) is 2.76. The van der Waals surface area contributed by atoms with Gasteiger partial charge in [-0.2, -0.15) is 0 Å². The number of carbonyl (C=O) groups excluding carboxylic acids is 2. The number of carbonyl (C=O) groups is 2. The van der Waals surface area contributed by atoms with E-state index in [0.29, 0.717) is 0 Å². The molecule has 0 aromatic carbocycles. The first-order valence-corrected chi connectivity index (χ1v) is 5.85. The highest BCUT2D eigenvalue weighted by atomic mass is 16.6. The highest BCUT2D eigenvalue weighted by Gasteiger charge is 2.19. The molecular weight excluding hydrogens is 250 g/mol. The van der Waals surface area contributed by atoms with Crippen molar-refractivity contribution in [1.82, 2.24) is 20.1 Å². The summed E-state index contributed by atoms with van der Waals surface area (Å²) >= 11 is 0. The smallest absolute Gasteiger partial charge is 0.408 e. The third kappa shape index (κ3) is 5.96. The molecule has 1 aromatic heterocycles. The van der Waals surface area contributed by atoms with Crippen molar-refractivity contribution in [3.8, 4) is 0 Å². The third-order valence-electron chi connectivity index (χ3n) is 2.09. The van der Waals surface area contributed by atoms with Gasteiger partial charge in [-0.3, -0.25) is 4.79 Å². The number of alkyl carbamates (subject to hydrolysis) is 1. The third-order valence-corrected chi connectivity index (χ3v) is 2.09. The molecule has 0 aliphatic carbocycles. The van der Waals surface area contributed by atoms with Gasteiger partial charge in [-0.05, 0) is 20.8 Å². The summed E-state index contributed by atoms with van der Waals surface area (Å²) in [7, 11) is 0. The van der Waals surface area contributed by atoms with Crippen molar-refractivity contribution in [3.05, 3.63) is 12.7 Å². The molecule has 1 unspecified atom stereocenters. The molecule has 3 N–H and O–H groups in total. The van der Waals surface area contributed by atoms with Gasteiger partial charge in [-0.1, -0.05) is 0 Å². The van der Waals surface area contributed by atoms with Gasteiger partial charge in [0.05, 0.1) is 12.6 Å². The molecule has 19 heavy (non-hydrogen) atoms. The Kier molecular flexibility index (Phi) is 4.99. The van der Waals surface area contributed by atoms with E-state index in [2.05, 4.69) is 15.5 Å². The molecule has 0 saturated carbocycles. The molecule has 0 spiro atoms. The largest absolute Gasteiger partial charge is 0.444 e. The van der Waals surface area contributed by atoms with Gasteiger partial charge >= 0.3 is 6.09 Å². The second-order valence-electron chi connectivity index (χ2n) is 5.09. The zero-order chi connectivity index (χ0) is 14.5. The van der Waals surface area contributed by atoms with Crippen molar-refractivity contribution in [3.63, 3.8) is 0 Å². The van der Waals surface area contributed by atoms with Crippen LogP contribution in [0.25, 0.3) is 0 Å². The number of hydrogen-bond acceptors (Lipinski definition) is 6. The van der Waals surface area contributed by atoms with Gasteiger partial charge < -0.3 is 20.4 Å². The van der Waals surface area contributed by atoms with Crippen LogP contribution >= 0.6 is 0 Å². The van der Waals surface area contributed by atoms with E-state index in [1.165, 1.54) is 12.7 Å². The van der Waals surface area contributed by atoms with E-state index in [-0.39, 0.29) is 18.9 Å². The maximum absolute atomic E-state index is 11.7. The second-order valence-corrected chi connectivity index (χ2v) is 5.09. The van der Waals surface area contributed by atoms with Crippen LogP contribution in [0.4, 0.5) is 4.79 Å². The minimum absolute atomic E-state index is 0.168. The lowest BCUT2D eigenvalue weighted by atomic mass is 10.2. The second kappa shape index (κ2) is 6.28. The van der Waals surface area contributed by atoms with E-state index in [4.69, 9.17) is 10.5 Å². The van der Waals surface area contributed by atoms with Crippen LogP contribution in [0, 0.1) is 0 Å². The lowest BCUT2D eigenvalue weighted by Crippen LogP contribution is -2.43. The fourth-order valence-electron chi connectivity index (χ4n) is 1.25. The fourth-order valence-corrected chi connectivity index (χ4v) is 1.25. The Balaban J connectivity index is 2.32. The van der Waals surface area contributed by atoms with E-state index >= 15 is 0 Å². The first-order chi connectivity index (χ1) is 8.78. The van der Waals surface area contributed by atoms with Gasteiger partial charge in [0.25, 0.3) is 0 Å². The van der Waals surface area contributed by atoms with Gasteiger partial charge in [0, 0.05) is 6.54 Å². The molecule has 1 amide bonds. The molecule has 0 bridgehead atoms. The van der Waals surface area contributed by atoms with E-state index in [0.717, 1.165) is 0 Å². The summed E-state index contributed by atoms with van der Waals surface area (Å²) in [6.45, 7) is 5.32. The van der Waals surface area contributed by atoms with E-state index < -0.39 is 17.7 Å². The maximum Gasteiger partial charge on any atom is 0.408 e. The van der Waals surface area contributed by atoms with Crippen molar-refractivity contribution in [2.75, 3.05) is 6.54 Å². The van der Waals surface area contributed by atoms with Crippen LogP contribution < -0.4 is 11.1 Å². The number of aromatic nitrogens is 3. The standard InChI is InChI=1S/C11H19N5O3/c1-11(2,3)19-10(18)13-4-9(17)8(12)5-16-6-14-15-7-16/h6-8H,4-5,12H2,1-3H3,(H,13,18). The molecule has 1 rings (SSSR count). The monoisotopic (exact) mass is 269 g/mol. The molecule has 0 saturated heterocycles. The normalized spacial score (nSPS) is 12.8. The molecule has 8 heteroatoms. The minimum Gasteiger partial charge on any atom is -0.444 e. The number of rotatable bonds is 5. The van der Waals surface area contributed by atoms with Crippen LogP contribution in [-0.4, -0.2) is 44.8 Å². The van der Waals surface area contributed by atoms with Gasteiger partial charge in [0.2, 0.25) is 0 Å². The van der Waals surface area contributed by atoms with Crippen molar-refractivity contribution in [1.29, 1.82) is 0 Å².